The molecule has 1 saturated heterocycles. The molecule has 142 valence electrons. The largest absolute Gasteiger partial charge is 0.336 e. The molecule has 6 nitrogen and oxygen atoms in total. The minimum Gasteiger partial charge on any atom is -0.336 e. The Morgan fingerprint density at radius 2 is 1.64 bits per heavy atom. The van der Waals surface area contributed by atoms with Gasteiger partial charge in [0, 0.05) is 49.9 Å². The van der Waals surface area contributed by atoms with Crippen LogP contribution in [0.5, 0.6) is 0 Å². The Hall–Kier alpha value is -1.34. The highest BCUT2D eigenvalue weighted by Crippen LogP contribution is 2.14. The van der Waals surface area contributed by atoms with Crippen molar-refractivity contribution in [1.82, 2.24) is 15.1 Å². The fourth-order valence-electron chi connectivity index (χ4n) is 2.55. The maximum absolute atomic E-state index is 12.4. The van der Waals surface area contributed by atoms with Crippen LogP contribution in [0.2, 0.25) is 0 Å². The van der Waals surface area contributed by atoms with Crippen molar-refractivity contribution in [1.29, 1.82) is 0 Å². The minimum absolute atomic E-state index is 0. The summed E-state index contributed by atoms with van der Waals surface area (Å²) < 4.78 is 0. The maximum Gasteiger partial charge on any atom is 0.253 e. The third kappa shape index (κ3) is 6.82. The second-order valence-corrected chi connectivity index (χ2v) is 6.12. The van der Waals surface area contributed by atoms with Crippen molar-refractivity contribution >= 4 is 42.3 Å². The highest BCUT2D eigenvalue weighted by Gasteiger charge is 2.20. The number of benzene rings is 1. The second-order valence-electron chi connectivity index (χ2n) is 6.12. The van der Waals surface area contributed by atoms with Gasteiger partial charge in [0.25, 0.3) is 5.91 Å². The number of anilines is 1. The van der Waals surface area contributed by atoms with Crippen molar-refractivity contribution in [3.63, 3.8) is 0 Å². The van der Waals surface area contributed by atoms with E-state index in [1.807, 2.05) is 18.9 Å². The van der Waals surface area contributed by atoms with Crippen molar-refractivity contribution in [2.24, 2.45) is 5.92 Å². The van der Waals surface area contributed by atoms with Crippen LogP contribution in [0.15, 0.2) is 24.3 Å². The fraction of sp³-hybridized carbons (Fsp3) is 0.529. The first-order chi connectivity index (χ1) is 11.0. The highest BCUT2D eigenvalue weighted by atomic mass is 35.5. The SMILES string of the molecule is CNCC(C)C(=O)Nc1ccc(C(=O)N2CCN(C)CC2)cc1.Cl.Cl. The summed E-state index contributed by atoms with van der Waals surface area (Å²) in [7, 11) is 3.89. The predicted molar refractivity (Wildman–Crippen MR) is 106 cm³/mol. The monoisotopic (exact) mass is 390 g/mol. The third-order valence-electron chi connectivity index (χ3n) is 4.15. The van der Waals surface area contributed by atoms with Crippen molar-refractivity contribution < 1.29 is 9.59 Å². The topological polar surface area (TPSA) is 64.7 Å². The summed E-state index contributed by atoms with van der Waals surface area (Å²) in [5, 5.41) is 5.85. The summed E-state index contributed by atoms with van der Waals surface area (Å²) in [6, 6.07) is 7.12. The van der Waals surface area contributed by atoms with Crippen molar-refractivity contribution in [2.75, 3.05) is 52.1 Å². The summed E-state index contributed by atoms with van der Waals surface area (Å²) in [4.78, 5) is 28.5. The lowest BCUT2D eigenvalue weighted by molar-refractivity contribution is -0.119. The summed E-state index contributed by atoms with van der Waals surface area (Å²) in [5.74, 6) is -0.0799. The zero-order valence-corrected chi connectivity index (χ0v) is 16.6. The molecule has 0 radical (unpaired) electrons. The molecule has 1 unspecified atom stereocenters. The molecule has 2 rings (SSSR count). The first kappa shape index (κ1) is 23.7. The van der Waals surface area contributed by atoms with Crippen molar-refractivity contribution in [3.05, 3.63) is 29.8 Å². The molecule has 1 atom stereocenters. The van der Waals surface area contributed by atoms with Gasteiger partial charge in [0.1, 0.15) is 0 Å². The van der Waals surface area contributed by atoms with E-state index >= 15 is 0 Å². The van der Waals surface area contributed by atoms with E-state index < -0.39 is 0 Å². The summed E-state index contributed by atoms with van der Waals surface area (Å²) in [6.07, 6.45) is 0. The summed E-state index contributed by atoms with van der Waals surface area (Å²) in [5.41, 5.74) is 1.38. The average Bonchev–Trinajstić information content (AvgIpc) is 2.56. The molecule has 1 fully saturated rings. The van der Waals surface area contributed by atoms with Crippen LogP contribution in [-0.4, -0.2) is 68.4 Å². The number of piperazine rings is 1. The lowest BCUT2D eigenvalue weighted by atomic mass is 10.1. The number of nitrogens with one attached hydrogen (secondary N) is 2. The number of amides is 2. The van der Waals surface area contributed by atoms with Gasteiger partial charge in [-0.25, -0.2) is 0 Å². The Morgan fingerprint density at radius 1 is 1.08 bits per heavy atom. The second kappa shape index (κ2) is 11.3. The van der Waals surface area contributed by atoms with Crippen LogP contribution in [0.1, 0.15) is 17.3 Å². The Morgan fingerprint density at radius 3 is 2.16 bits per heavy atom. The van der Waals surface area contributed by atoms with Gasteiger partial charge in [0.15, 0.2) is 0 Å². The average molecular weight is 391 g/mol. The van der Waals surface area contributed by atoms with E-state index in [1.54, 1.807) is 24.3 Å². The molecule has 1 aliphatic rings. The molecular weight excluding hydrogens is 363 g/mol. The van der Waals surface area contributed by atoms with E-state index in [0.29, 0.717) is 17.8 Å². The molecule has 0 bridgehead atoms. The molecule has 0 spiro atoms. The van der Waals surface area contributed by atoms with Gasteiger partial charge in [0.05, 0.1) is 0 Å². The molecule has 1 aromatic rings. The molecule has 1 heterocycles. The van der Waals surface area contributed by atoms with Crippen LogP contribution in [-0.2, 0) is 4.79 Å². The standard InChI is InChI=1S/C17H26N4O2.2ClH/c1-13(12-18-2)16(22)19-15-6-4-14(5-7-15)17(23)21-10-8-20(3)9-11-21;;/h4-7,13,18H,8-12H2,1-3H3,(H,19,22);2*1H. The molecule has 2 N–H and O–H groups in total. The van der Waals surface area contributed by atoms with Crippen LogP contribution in [0.3, 0.4) is 0 Å². The first-order valence-electron chi connectivity index (χ1n) is 8.04. The maximum atomic E-state index is 12.4. The molecule has 0 saturated carbocycles. The van der Waals surface area contributed by atoms with Gasteiger partial charge in [-0.3, -0.25) is 9.59 Å². The van der Waals surface area contributed by atoms with Gasteiger partial charge in [-0.2, -0.15) is 0 Å². The van der Waals surface area contributed by atoms with Crippen LogP contribution < -0.4 is 10.6 Å². The number of carbonyl (C=O) groups is 2. The third-order valence-corrected chi connectivity index (χ3v) is 4.15. The number of nitrogens with zero attached hydrogens (tertiary/aromatic N) is 2. The molecule has 8 heteroatoms. The quantitative estimate of drug-likeness (QED) is 0.802. The first-order valence-corrected chi connectivity index (χ1v) is 8.04. The summed E-state index contributed by atoms with van der Waals surface area (Å²) >= 11 is 0. The van der Waals surface area contributed by atoms with Gasteiger partial charge in [-0.1, -0.05) is 6.92 Å². The van der Waals surface area contributed by atoms with Gasteiger partial charge in [-0.15, -0.1) is 24.8 Å². The van der Waals surface area contributed by atoms with Crippen molar-refractivity contribution in [2.45, 2.75) is 6.92 Å². The predicted octanol–water partition coefficient (Wildman–Crippen LogP) is 1.71. The Labute approximate surface area is 162 Å². The molecule has 25 heavy (non-hydrogen) atoms. The number of likely N-dealkylation sites (N-methyl/N-ethyl adjacent to an activating group) is 1. The zero-order valence-electron chi connectivity index (χ0n) is 14.9. The van der Waals surface area contributed by atoms with E-state index in [0.717, 1.165) is 26.2 Å². The number of halogens is 2. The van der Waals surface area contributed by atoms with Crippen LogP contribution >= 0.6 is 24.8 Å². The smallest absolute Gasteiger partial charge is 0.253 e. The van der Waals surface area contributed by atoms with Crippen LogP contribution in [0.25, 0.3) is 0 Å². The Balaban J connectivity index is 0.00000288. The highest BCUT2D eigenvalue weighted by molar-refractivity contribution is 5.96. The van der Waals surface area contributed by atoms with E-state index in [4.69, 9.17) is 0 Å². The number of carbonyl (C=O) groups excluding carboxylic acids is 2. The van der Waals surface area contributed by atoms with E-state index in [1.165, 1.54) is 0 Å². The van der Waals surface area contributed by atoms with Gasteiger partial charge >= 0.3 is 0 Å². The molecular formula is C17H28Cl2N4O2. The number of rotatable bonds is 5. The molecule has 2 amide bonds. The Bertz CT molecular complexity index is 546. The van der Waals surface area contributed by atoms with E-state index in [9.17, 15) is 9.59 Å². The van der Waals surface area contributed by atoms with E-state index in [2.05, 4.69) is 22.6 Å². The Kier molecular flexibility index (Phi) is 10.7. The lowest BCUT2D eigenvalue weighted by Gasteiger charge is -2.32. The number of hydrogen-bond acceptors (Lipinski definition) is 4. The molecule has 0 aromatic heterocycles. The van der Waals surface area contributed by atoms with Crippen LogP contribution in [0, 0.1) is 5.92 Å². The molecule has 0 aliphatic carbocycles. The molecule has 1 aromatic carbocycles. The number of hydrogen-bond donors (Lipinski definition) is 2. The van der Waals surface area contributed by atoms with E-state index in [-0.39, 0.29) is 42.5 Å². The van der Waals surface area contributed by atoms with Crippen LogP contribution in [0.4, 0.5) is 5.69 Å². The molecule has 1 aliphatic heterocycles. The summed E-state index contributed by atoms with van der Waals surface area (Å²) in [6.45, 7) is 5.83. The minimum atomic E-state index is -0.105. The van der Waals surface area contributed by atoms with Crippen molar-refractivity contribution in [3.8, 4) is 0 Å². The van der Waals surface area contributed by atoms with Gasteiger partial charge in [0.2, 0.25) is 5.91 Å². The fourth-order valence-corrected chi connectivity index (χ4v) is 2.55. The normalized spacial score (nSPS) is 15.6. The zero-order chi connectivity index (χ0) is 16.8. The van der Waals surface area contributed by atoms with Gasteiger partial charge in [-0.05, 0) is 38.4 Å². The lowest BCUT2D eigenvalue weighted by Crippen LogP contribution is -2.47. The van der Waals surface area contributed by atoms with Gasteiger partial charge < -0.3 is 20.4 Å².